The minimum atomic E-state index is -0.201. The van der Waals surface area contributed by atoms with E-state index in [0.29, 0.717) is 5.71 Å². The maximum atomic E-state index is 10.7. The molecule has 0 aromatic carbocycles. The zero-order chi connectivity index (χ0) is 6.69. The number of carbonyl (C=O) groups is 1. The van der Waals surface area contributed by atoms with Gasteiger partial charge in [0.25, 0.3) is 5.91 Å². The van der Waals surface area contributed by atoms with Crippen molar-refractivity contribution in [1.29, 1.82) is 0 Å². The summed E-state index contributed by atoms with van der Waals surface area (Å²) >= 11 is 0. The predicted molar refractivity (Wildman–Crippen MR) is 32.8 cm³/mol. The van der Waals surface area contributed by atoms with Gasteiger partial charge in [-0.05, 0) is 6.08 Å². The third-order valence-corrected chi connectivity index (χ3v) is 0.924. The van der Waals surface area contributed by atoms with Crippen LogP contribution in [-0.2, 0) is 4.79 Å². The third kappa shape index (κ3) is 1.07. The number of rotatable bonds is 1. The molecule has 0 bridgehead atoms. The molecule has 0 aromatic rings. The molecule has 1 rings (SSSR count). The lowest BCUT2D eigenvalue weighted by Crippen LogP contribution is -2.25. The maximum Gasteiger partial charge on any atom is 0.271 e. The van der Waals surface area contributed by atoms with Crippen LogP contribution < -0.4 is 10.7 Å². The molecule has 9 heavy (non-hydrogen) atoms. The summed E-state index contributed by atoms with van der Waals surface area (Å²) in [7, 11) is 1.55. The van der Waals surface area contributed by atoms with Crippen LogP contribution in [0.4, 0.5) is 0 Å². The lowest BCUT2D eigenvalue weighted by molar-refractivity contribution is -0.114. The lowest BCUT2D eigenvalue weighted by atomic mass is 10.3. The van der Waals surface area contributed by atoms with E-state index in [-0.39, 0.29) is 5.91 Å². The summed E-state index contributed by atoms with van der Waals surface area (Å²) in [6.45, 7) is 0. The van der Waals surface area contributed by atoms with Crippen LogP contribution >= 0.6 is 0 Å². The summed E-state index contributed by atoms with van der Waals surface area (Å²) in [6.07, 6.45) is 3.03. The van der Waals surface area contributed by atoms with Crippen LogP contribution in [0.5, 0.6) is 0 Å². The van der Waals surface area contributed by atoms with Crippen LogP contribution in [0.1, 0.15) is 0 Å². The highest BCUT2D eigenvalue weighted by Gasteiger charge is 2.08. The van der Waals surface area contributed by atoms with Crippen LogP contribution in [0.3, 0.4) is 0 Å². The second-order valence-corrected chi connectivity index (χ2v) is 1.50. The zero-order valence-electron chi connectivity index (χ0n) is 4.96. The van der Waals surface area contributed by atoms with Gasteiger partial charge >= 0.3 is 0 Å². The van der Waals surface area contributed by atoms with Gasteiger partial charge in [0.2, 0.25) is 0 Å². The molecule has 4 nitrogen and oxygen atoms in total. The van der Waals surface area contributed by atoms with Crippen molar-refractivity contribution in [1.82, 2.24) is 10.7 Å². The summed E-state index contributed by atoms with van der Waals surface area (Å²) in [6, 6.07) is 0. The predicted octanol–water partition coefficient (Wildman–Crippen LogP) is -0.780. The molecule has 1 aliphatic heterocycles. The molecule has 0 atom stereocenters. The normalized spacial score (nSPS) is 14.6. The van der Waals surface area contributed by atoms with Crippen LogP contribution in [0, 0.1) is 0 Å². The maximum absolute atomic E-state index is 10.7. The number of carbonyl (C=O) groups excluding carboxylic acids is 1. The first-order valence-electron chi connectivity index (χ1n) is 2.51. The van der Waals surface area contributed by atoms with Crippen molar-refractivity contribution in [2.75, 3.05) is 7.05 Å². The smallest absolute Gasteiger partial charge is 0.271 e. The largest absolute Gasteiger partial charge is 0.354 e. The fraction of sp³-hybridized carbons (Fsp3) is 0.200. The van der Waals surface area contributed by atoms with Gasteiger partial charge in [0.15, 0.2) is 5.71 Å². The Balaban J connectivity index is 2.62. The summed E-state index contributed by atoms with van der Waals surface area (Å²) in [4.78, 5) is 10.7. The first kappa shape index (κ1) is 5.81. The summed E-state index contributed by atoms with van der Waals surface area (Å²) in [5.74, 6) is -0.201. The molecule has 1 N–H and O–H groups in total. The number of nitrogens with zero attached hydrogens (tertiary/aromatic N) is 2. The molecule has 1 radical (unpaired) electrons. The highest BCUT2D eigenvalue weighted by molar-refractivity contribution is 6.43. The summed E-state index contributed by atoms with van der Waals surface area (Å²) < 4.78 is 0. The van der Waals surface area contributed by atoms with Gasteiger partial charge in [0.05, 0.1) is 6.20 Å². The van der Waals surface area contributed by atoms with Crippen molar-refractivity contribution in [3.63, 3.8) is 0 Å². The molecule has 0 unspecified atom stereocenters. The topological polar surface area (TPSA) is 55.6 Å². The highest BCUT2D eigenvalue weighted by atomic mass is 16.1. The Bertz CT molecular complexity index is 183. The van der Waals surface area contributed by atoms with Crippen LogP contribution in [0.2, 0.25) is 0 Å². The van der Waals surface area contributed by atoms with E-state index >= 15 is 0 Å². The molecular formula is C5H6N3O. The minimum Gasteiger partial charge on any atom is -0.354 e. The molecule has 4 heteroatoms. The summed E-state index contributed by atoms with van der Waals surface area (Å²) in [5, 5.41) is 5.95. The Morgan fingerprint density at radius 2 is 2.56 bits per heavy atom. The van der Waals surface area contributed by atoms with E-state index in [0.717, 1.165) is 0 Å². The molecule has 0 aromatic heterocycles. The van der Waals surface area contributed by atoms with E-state index in [1.54, 1.807) is 13.1 Å². The van der Waals surface area contributed by atoms with Crippen molar-refractivity contribution >= 4 is 11.6 Å². The highest BCUT2D eigenvalue weighted by Crippen LogP contribution is 1.88. The fourth-order valence-corrected chi connectivity index (χ4v) is 0.482. The van der Waals surface area contributed by atoms with E-state index in [1.165, 1.54) is 6.20 Å². The van der Waals surface area contributed by atoms with Gasteiger partial charge in [-0.2, -0.15) is 5.43 Å². The van der Waals surface area contributed by atoms with Gasteiger partial charge < -0.3 is 5.32 Å². The zero-order valence-corrected chi connectivity index (χ0v) is 4.96. The second-order valence-electron chi connectivity index (χ2n) is 1.50. The third-order valence-electron chi connectivity index (χ3n) is 0.924. The van der Waals surface area contributed by atoms with E-state index in [4.69, 9.17) is 0 Å². The Kier molecular flexibility index (Phi) is 1.48. The molecule has 1 heterocycles. The first-order valence-corrected chi connectivity index (χ1v) is 2.51. The van der Waals surface area contributed by atoms with E-state index in [1.807, 2.05) is 0 Å². The summed E-state index contributed by atoms with van der Waals surface area (Å²) in [5.41, 5.74) is 3.84. The lowest BCUT2D eigenvalue weighted by Gasteiger charge is -1.91. The Hall–Kier alpha value is -1.32. The molecule has 0 aliphatic carbocycles. The average molecular weight is 124 g/mol. The van der Waals surface area contributed by atoms with Crippen LogP contribution in [0.15, 0.2) is 17.4 Å². The van der Waals surface area contributed by atoms with Crippen molar-refractivity contribution in [3.8, 4) is 0 Å². The Morgan fingerprint density at radius 1 is 1.78 bits per heavy atom. The van der Waals surface area contributed by atoms with Gasteiger partial charge in [0.1, 0.15) is 0 Å². The van der Waals surface area contributed by atoms with E-state index in [9.17, 15) is 4.79 Å². The SMILES string of the molecule is CNC(=O)C1=N[N]C=C1. The molecule has 1 aliphatic rings. The number of hydrogen-bond donors (Lipinski definition) is 1. The van der Waals surface area contributed by atoms with Gasteiger partial charge in [-0.15, -0.1) is 5.10 Å². The standard InChI is InChI=1S/C5H6N3O/c1-6-5(9)4-2-3-7-8-4/h2-3H,1H3,(H,6,9). The minimum absolute atomic E-state index is 0.201. The van der Waals surface area contributed by atoms with Crippen LogP contribution in [-0.4, -0.2) is 18.7 Å². The van der Waals surface area contributed by atoms with Crippen molar-refractivity contribution in [2.45, 2.75) is 0 Å². The second kappa shape index (κ2) is 2.30. The number of hydrogen-bond acceptors (Lipinski definition) is 2. The quantitative estimate of drug-likeness (QED) is 0.489. The van der Waals surface area contributed by atoms with Gasteiger partial charge in [-0.1, -0.05) is 0 Å². The average Bonchev–Trinajstić information content (AvgIpc) is 2.37. The van der Waals surface area contributed by atoms with E-state index < -0.39 is 0 Å². The number of nitrogens with one attached hydrogen (secondary N) is 1. The monoisotopic (exact) mass is 124 g/mol. The Morgan fingerprint density at radius 3 is 3.00 bits per heavy atom. The van der Waals surface area contributed by atoms with Crippen LogP contribution in [0.25, 0.3) is 0 Å². The molecule has 0 spiro atoms. The number of amides is 1. The molecule has 0 saturated carbocycles. The molecule has 0 fully saturated rings. The first-order chi connectivity index (χ1) is 4.34. The van der Waals surface area contributed by atoms with Gasteiger partial charge in [0, 0.05) is 7.05 Å². The van der Waals surface area contributed by atoms with Crippen molar-refractivity contribution in [3.05, 3.63) is 12.3 Å². The van der Waals surface area contributed by atoms with Crippen molar-refractivity contribution < 1.29 is 4.79 Å². The molecular weight excluding hydrogens is 118 g/mol. The Labute approximate surface area is 52.6 Å². The van der Waals surface area contributed by atoms with Crippen molar-refractivity contribution in [2.24, 2.45) is 5.10 Å². The van der Waals surface area contributed by atoms with Gasteiger partial charge in [-0.25, -0.2) is 0 Å². The van der Waals surface area contributed by atoms with E-state index in [2.05, 4.69) is 15.8 Å². The molecule has 0 saturated heterocycles. The fourth-order valence-electron chi connectivity index (χ4n) is 0.482. The molecule has 1 amide bonds. The van der Waals surface area contributed by atoms with Gasteiger partial charge in [-0.3, -0.25) is 4.79 Å². The molecule has 47 valence electrons.